The van der Waals surface area contributed by atoms with Crippen molar-refractivity contribution in [2.75, 3.05) is 7.05 Å². The number of hydrogen-bond donors (Lipinski definition) is 1. The summed E-state index contributed by atoms with van der Waals surface area (Å²) in [4.78, 5) is 4.02. The van der Waals surface area contributed by atoms with Gasteiger partial charge in [0.25, 0.3) is 0 Å². The highest BCUT2D eigenvalue weighted by Crippen LogP contribution is 2.09. The summed E-state index contributed by atoms with van der Waals surface area (Å²) in [5, 5.41) is 11.2. The third kappa shape index (κ3) is 1.27. The molecule has 68 valence electrons. The van der Waals surface area contributed by atoms with E-state index >= 15 is 0 Å². The normalized spacial score (nSPS) is 13.4. The highest BCUT2D eigenvalue weighted by atomic mass is 15.3. The van der Waals surface area contributed by atoms with E-state index < -0.39 is 0 Å². The third-order valence-electron chi connectivity index (χ3n) is 2.06. The lowest BCUT2D eigenvalue weighted by Crippen LogP contribution is -2.15. The molecule has 2 rings (SSSR count). The Kier molecular flexibility index (Phi) is 1.94. The van der Waals surface area contributed by atoms with Crippen molar-refractivity contribution in [1.29, 1.82) is 0 Å². The van der Waals surface area contributed by atoms with Gasteiger partial charge in [-0.25, -0.2) is 4.98 Å². The minimum Gasteiger partial charge on any atom is -0.311 e. The summed E-state index contributed by atoms with van der Waals surface area (Å²) in [6, 6.07) is 2.01. The molecule has 0 saturated carbocycles. The molecule has 2 aromatic heterocycles. The number of nitrogens with zero attached hydrogens (tertiary/aromatic N) is 4. The summed E-state index contributed by atoms with van der Waals surface area (Å²) >= 11 is 0. The van der Waals surface area contributed by atoms with Crippen molar-refractivity contribution in [2.24, 2.45) is 0 Å². The van der Waals surface area contributed by atoms with Gasteiger partial charge in [-0.2, -0.15) is 0 Å². The van der Waals surface area contributed by atoms with Crippen molar-refractivity contribution in [3.63, 3.8) is 0 Å². The SMILES string of the molecule is CNC(C)c1nnc2ccncn12. The zero-order valence-electron chi connectivity index (χ0n) is 7.60. The Morgan fingerprint density at radius 2 is 2.31 bits per heavy atom. The lowest BCUT2D eigenvalue weighted by atomic mass is 10.3. The van der Waals surface area contributed by atoms with Crippen LogP contribution in [-0.2, 0) is 0 Å². The summed E-state index contributed by atoms with van der Waals surface area (Å²) in [7, 11) is 1.89. The van der Waals surface area contributed by atoms with Crippen LogP contribution in [0.2, 0.25) is 0 Å². The van der Waals surface area contributed by atoms with Gasteiger partial charge in [-0.15, -0.1) is 10.2 Å². The summed E-state index contributed by atoms with van der Waals surface area (Å²) in [6.45, 7) is 2.03. The predicted molar refractivity (Wildman–Crippen MR) is 48.3 cm³/mol. The molecular formula is C8H11N5. The highest BCUT2D eigenvalue weighted by Gasteiger charge is 2.10. The summed E-state index contributed by atoms with van der Waals surface area (Å²) in [5.41, 5.74) is 0.826. The van der Waals surface area contributed by atoms with Crippen LogP contribution in [0.15, 0.2) is 18.6 Å². The minimum atomic E-state index is 0.180. The van der Waals surface area contributed by atoms with E-state index in [0.717, 1.165) is 11.5 Å². The Bertz CT molecular complexity index is 408. The summed E-state index contributed by atoms with van der Waals surface area (Å²) < 4.78 is 1.88. The lowest BCUT2D eigenvalue weighted by Gasteiger charge is -2.06. The molecular weight excluding hydrogens is 166 g/mol. The first kappa shape index (κ1) is 8.12. The second-order valence-electron chi connectivity index (χ2n) is 2.88. The smallest absolute Gasteiger partial charge is 0.163 e. The average Bonchev–Trinajstić information content (AvgIpc) is 2.60. The molecule has 0 bridgehead atoms. The van der Waals surface area contributed by atoms with Crippen molar-refractivity contribution in [1.82, 2.24) is 24.9 Å². The molecule has 0 fully saturated rings. The number of hydrogen-bond acceptors (Lipinski definition) is 4. The second kappa shape index (κ2) is 3.10. The molecule has 0 radical (unpaired) electrons. The van der Waals surface area contributed by atoms with Gasteiger partial charge in [0.05, 0.1) is 6.04 Å². The van der Waals surface area contributed by atoms with Crippen LogP contribution in [0.3, 0.4) is 0 Å². The van der Waals surface area contributed by atoms with Gasteiger partial charge >= 0.3 is 0 Å². The molecule has 0 aromatic carbocycles. The van der Waals surface area contributed by atoms with Crippen LogP contribution in [0, 0.1) is 0 Å². The fourth-order valence-corrected chi connectivity index (χ4v) is 1.19. The molecule has 0 saturated heterocycles. The van der Waals surface area contributed by atoms with Gasteiger partial charge in [-0.1, -0.05) is 0 Å². The maximum absolute atomic E-state index is 4.08. The van der Waals surface area contributed by atoms with Crippen LogP contribution < -0.4 is 5.32 Å². The van der Waals surface area contributed by atoms with Gasteiger partial charge in [0, 0.05) is 12.3 Å². The maximum Gasteiger partial charge on any atom is 0.163 e. The molecule has 0 spiro atoms. The van der Waals surface area contributed by atoms with Crippen LogP contribution >= 0.6 is 0 Å². The standard InChI is InChI=1S/C8H11N5/c1-6(9-2)8-12-11-7-3-4-10-5-13(7)8/h3-6,9H,1-2H3. The number of nitrogens with one attached hydrogen (secondary N) is 1. The molecule has 5 nitrogen and oxygen atoms in total. The van der Waals surface area contributed by atoms with Gasteiger partial charge in [-0.05, 0) is 14.0 Å². The van der Waals surface area contributed by atoms with Gasteiger partial charge in [0.1, 0.15) is 6.33 Å². The number of rotatable bonds is 2. The molecule has 5 heteroatoms. The largest absolute Gasteiger partial charge is 0.311 e. The Balaban J connectivity index is 2.57. The second-order valence-corrected chi connectivity index (χ2v) is 2.88. The van der Waals surface area contributed by atoms with Crippen molar-refractivity contribution in [3.05, 3.63) is 24.4 Å². The number of aromatic nitrogens is 4. The van der Waals surface area contributed by atoms with Crippen molar-refractivity contribution >= 4 is 5.65 Å². The van der Waals surface area contributed by atoms with E-state index in [4.69, 9.17) is 0 Å². The topological polar surface area (TPSA) is 55.1 Å². The first-order chi connectivity index (χ1) is 6.33. The average molecular weight is 177 g/mol. The molecule has 2 heterocycles. The summed E-state index contributed by atoms with van der Waals surface area (Å²) in [5.74, 6) is 0.880. The molecule has 1 atom stereocenters. The first-order valence-electron chi connectivity index (χ1n) is 4.15. The molecule has 1 N–H and O–H groups in total. The van der Waals surface area contributed by atoms with Gasteiger partial charge in [-0.3, -0.25) is 4.40 Å². The minimum absolute atomic E-state index is 0.180. The zero-order chi connectivity index (χ0) is 9.26. The predicted octanol–water partition coefficient (Wildman–Crippen LogP) is 0.405. The van der Waals surface area contributed by atoms with Crippen LogP contribution in [-0.4, -0.2) is 26.6 Å². The van der Waals surface area contributed by atoms with Crippen LogP contribution in [0.5, 0.6) is 0 Å². The fourth-order valence-electron chi connectivity index (χ4n) is 1.19. The first-order valence-corrected chi connectivity index (χ1v) is 4.15. The molecule has 0 aliphatic heterocycles. The lowest BCUT2D eigenvalue weighted by molar-refractivity contribution is 0.602. The third-order valence-corrected chi connectivity index (χ3v) is 2.06. The van der Waals surface area contributed by atoms with E-state index in [2.05, 4.69) is 20.5 Å². The molecule has 0 amide bonds. The molecule has 1 unspecified atom stereocenters. The van der Waals surface area contributed by atoms with Crippen molar-refractivity contribution < 1.29 is 0 Å². The van der Waals surface area contributed by atoms with Crippen LogP contribution in [0.1, 0.15) is 18.8 Å². The Morgan fingerprint density at radius 3 is 3.08 bits per heavy atom. The van der Waals surface area contributed by atoms with E-state index in [1.807, 2.05) is 24.4 Å². The van der Waals surface area contributed by atoms with Gasteiger partial charge in [0.2, 0.25) is 0 Å². The zero-order valence-corrected chi connectivity index (χ0v) is 7.60. The van der Waals surface area contributed by atoms with Crippen LogP contribution in [0.4, 0.5) is 0 Å². The van der Waals surface area contributed by atoms with Crippen molar-refractivity contribution in [3.8, 4) is 0 Å². The number of fused-ring (bicyclic) bond motifs is 1. The monoisotopic (exact) mass is 177 g/mol. The molecule has 0 aliphatic rings. The molecule has 2 aromatic rings. The van der Waals surface area contributed by atoms with Crippen LogP contribution in [0.25, 0.3) is 5.65 Å². The van der Waals surface area contributed by atoms with E-state index in [1.165, 1.54) is 0 Å². The Morgan fingerprint density at radius 1 is 1.46 bits per heavy atom. The molecule has 13 heavy (non-hydrogen) atoms. The van der Waals surface area contributed by atoms with Crippen molar-refractivity contribution in [2.45, 2.75) is 13.0 Å². The van der Waals surface area contributed by atoms with E-state index in [0.29, 0.717) is 0 Å². The van der Waals surface area contributed by atoms with Gasteiger partial charge < -0.3 is 5.32 Å². The maximum atomic E-state index is 4.08. The quantitative estimate of drug-likeness (QED) is 0.721. The highest BCUT2D eigenvalue weighted by molar-refractivity contribution is 5.35. The Labute approximate surface area is 75.8 Å². The van der Waals surface area contributed by atoms with E-state index in [-0.39, 0.29) is 6.04 Å². The molecule has 0 aliphatic carbocycles. The Hall–Kier alpha value is -1.49. The fraction of sp³-hybridized carbons (Fsp3) is 0.375. The van der Waals surface area contributed by atoms with E-state index in [1.54, 1.807) is 12.5 Å². The van der Waals surface area contributed by atoms with Gasteiger partial charge in [0.15, 0.2) is 11.5 Å². The van der Waals surface area contributed by atoms with E-state index in [9.17, 15) is 0 Å². The summed E-state index contributed by atoms with van der Waals surface area (Å²) in [6.07, 6.45) is 3.43.